The number of nitrogens with one attached hydrogen (secondary N) is 3. The summed E-state index contributed by atoms with van der Waals surface area (Å²) >= 11 is 7.90. The Labute approximate surface area is 226 Å². The van der Waals surface area contributed by atoms with Crippen molar-refractivity contribution in [1.29, 1.82) is 0 Å². The lowest BCUT2D eigenvalue weighted by molar-refractivity contribution is -0.136. The molecular weight excluding hydrogens is 599 g/mol. The molecule has 3 rings (SSSR count). The van der Waals surface area contributed by atoms with Crippen LogP contribution >= 0.6 is 34.2 Å². The van der Waals surface area contributed by atoms with Crippen LogP contribution in [0.3, 0.4) is 0 Å². The molecular formula is C25H22ClIN4O5. The van der Waals surface area contributed by atoms with Gasteiger partial charge in [-0.1, -0.05) is 35.4 Å². The van der Waals surface area contributed by atoms with E-state index in [4.69, 9.17) is 21.1 Å². The second kappa shape index (κ2) is 12.9. The molecule has 0 saturated carbocycles. The first-order valence-corrected chi connectivity index (χ1v) is 12.0. The molecule has 3 amide bonds. The molecule has 11 heteroatoms. The molecule has 0 fully saturated rings. The molecule has 0 saturated heterocycles. The lowest BCUT2D eigenvalue weighted by Gasteiger charge is -2.13. The Kier molecular flexibility index (Phi) is 9.65. The lowest BCUT2D eigenvalue weighted by atomic mass is 10.2. The highest BCUT2D eigenvalue weighted by Crippen LogP contribution is 2.33. The fourth-order valence-corrected chi connectivity index (χ4v) is 3.87. The highest BCUT2D eigenvalue weighted by atomic mass is 127. The van der Waals surface area contributed by atoms with E-state index in [-0.39, 0.29) is 12.5 Å². The van der Waals surface area contributed by atoms with Crippen molar-refractivity contribution in [1.82, 2.24) is 5.43 Å². The molecule has 0 aliphatic carbocycles. The minimum Gasteiger partial charge on any atom is -0.493 e. The molecule has 0 aliphatic heterocycles. The molecule has 0 unspecified atom stereocenters. The summed E-state index contributed by atoms with van der Waals surface area (Å²) in [5, 5.41) is 9.44. The largest absolute Gasteiger partial charge is 0.493 e. The van der Waals surface area contributed by atoms with Gasteiger partial charge in [0.15, 0.2) is 18.1 Å². The van der Waals surface area contributed by atoms with Gasteiger partial charge in [0.2, 0.25) is 0 Å². The molecule has 0 aliphatic rings. The molecule has 0 aromatic heterocycles. The highest BCUT2D eigenvalue weighted by molar-refractivity contribution is 14.1. The number of halogens is 2. The van der Waals surface area contributed by atoms with Crippen LogP contribution in [-0.2, 0) is 14.4 Å². The Balaban J connectivity index is 1.57. The Morgan fingerprint density at radius 3 is 2.44 bits per heavy atom. The van der Waals surface area contributed by atoms with Crippen LogP contribution in [0.1, 0.15) is 11.1 Å². The van der Waals surface area contributed by atoms with Gasteiger partial charge in [-0.25, -0.2) is 5.43 Å². The number of hydrogen-bond donors (Lipinski definition) is 3. The maximum atomic E-state index is 12.3. The number of rotatable bonds is 8. The van der Waals surface area contributed by atoms with Gasteiger partial charge in [-0.15, -0.1) is 0 Å². The first-order chi connectivity index (χ1) is 17.2. The Hall–Kier alpha value is -3.64. The number of hydrazone groups is 1. The summed E-state index contributed by atoms with van der Waals surface area (Å²) in [4.78, 5) is 36.3. The Morgan fingerprint density at radius 2 is 1.75 bits per heavy atom. The zero-order valence-corrected chi connectivity index (χ0v) is 22.2. The van der Waals surface area contributed by atoms with E-state index in [2.05, 4.69) is 21.2 Å². The summed E-state index contributed by atoms with van der Waals surface area (Å²) in [5.41, 5.74) is 4.88. The van der Waals surface area contributed by atoms with Crippen molar-refractivity contribution in [3.05, 3.63) is 80.4 Å². The zero-order valence-electron chi connectivity index (χ0n) is 19.3. The predicted octanol–water partition coefficient (Wildman–Crippen LogP) is 4.37. The van der Waals surface area contributed by atoms with Crippen molar-refractivity contribution in [2.75, 3.05) is 24.4 Å². The molecule has 0 radical (unpaired) electrons. The summed E-state index contributed by atoms with van der Waals surface area (Å²) in [7, 11) is 1.47. The zero-order chi connectivity index (χ0) is 26.1. The molecule has 0 heterocycles. The van der Waals surface area contributed by atoms with E-state index in [1.807, 2.05) is 53.8 Å². The number of benzene rings is 3. The number of hydrogen-bond acceptors (Lipinski definition) is 6. The molecule has 3 aromatic rings. The summed E-state index contributed by atoms with van der Waals surface area (Å²) in [6.07, 6.45) is 1.35. The van der Waals surface area contributed by atoms with Crippen molar-refractivity contribution in [3.63, 3.8) is 0 Å². The molecule has 186 valence electrons. The number of carbonyl (C=O) groups is 3. The molecule has 3 N–H and O–H groups in total. The van der Waals surface area contributed by atoms with Crippen molar-refractivity contribution in [2.24, 2.45) is 5.10 Å². The normalized spacial score (nSPS) is 10.6. The average molecular weight is 621 g/mol. The van der Waals surface area contributed by atoms with Gasteiger partial charge < -0.3 is 20.1 Å². The van der Waals surface area contributed by atoms with Crippen LogP contribution in [0, 0.1) is 10.5 Å². The van der Waals surface area contributed by atoms with Crippen molar-refractivity contribution in [3.8, 4) is 11.5 Å². The van der Waals surface area contributed by atoms with Gasteiger partial charge in [-0.3, -0.25) is 14.4 Å². The first-order valence-electron chi connectivity index (χ1n) is 10.5. The van der Waals surface area contributed by atoms with Gasteiger partial charge in [0, 0.05) is 16.4 Å². The van der Waals surface area contributed by atoms with E-state index in [1.165, 1.54) is 19.4 Å². The van der Waals surface area contributed by atoms with Crippen LogP contribution in [0.5, 0.6) is 11.5 Å². The molecule has 3 aromatic carbocycles. The molecule has 9 nitrogen and oxygen atoms in total. The number of amides is 3. The van der Waals surface area contributed by atoms with E-state index in [1.54, 1.807) is 30.3 Å². The topological polar surface area (TPSA) is 118 Å². The molecule has 0 spiro atoms. The first kappa shape index (κ1) is 27.0. The van der Waals surface area contributed by atoms with Crippen molar-refractivity contribution < 1.29 is 23.9 Å². The predicted molar refractivity (Wildman–Crippen MR) is 147 cm³/mol. The number of aryl methyl sites for hydroxylation is 1. The fourth-order valence-electron chi connectivity index (χ4n) is 2.90. The smallest absolute Gasteiger partial charge is 0.329 e. The van der Waals surface area contributed by atoms with Crippen LogP contribution < -0.4 is 25.5 Å². The number of nitrogens with zero attached hydrogens (tertiary/aromatic N) is 1. The third kappa shape index (κ3) is 7.95. The maximum Gasteiger partial charge on any atom is 0.329 e. The minimum atomic E-state index is -0.951. The summed E-state index contributed by atoms with van der Waals surface area (Å²) in [6.45, 7) is 1.75. The standard InChI is InChI=1S/C25H22ClIN4O5/c1-15-6-8-18(9-7-15)29-22(32)14-36-23-20(27)10-16(11-21(23)35-2)13-28-31-25(34)24(33)30-19-5-3-4-17(26)12-19/h3-13H,14H2,1-2H3,(H,29,32)(H,30,33)(H,31,34)/b28-13-. The number of ether oxygens (including phenoxy) is 2. The summed E-state index contributed by atoms with van der Waals surface area (Å²) in [6, 6.07) is 17.2. The SMILES string of the molecule is COc1cc(/C=N\NC(=O)C(=O)Nc2cccc(Cl)c2)cc(I)c1OCC(=O)Nc1ccc(C)cc1. The number of anilines is 2. The number of methoxy groups -OCH3 is 1. The third-order valence-corrected chi connectivity index (χ3v) is 5.64. The van der Waals surface area contributed by atoms with E-state index in [0.717, 1.165) is 5.56 Å². The second-order valence-electron chi connectivity index (χ2n) is 7.40. The van der Waals surface area contributed by atoms with Gasteiger partial charge >= 0.3 is 11.8 Å². The van der Waals surface area contributed by atoms with Gasteiger partial charge in [-0.05, 0) is 77.5 Å². The molecule has 0 bridgehead atoms. The van der Waals surface area contributed by atoms with Crippen molar-refractivity contribution >= 4 is 69.5 Å². The highest BCUT2D eigenvalue weighted by Gasteiger charge is 2.15. The van der Waals surface area contributed by atoms with Gasteiger partial charge in [0.05, 0.1) is 16.9 Å². The quantitative estimate of drug-likeness (QED) is 0.150. The fraction of sp³-hybridized carbons (Fsp3) is 0.120. The minimum absolute atomic E-state index is 0.217. The molecule has 0 atom stereocenters. The molecule has 36 heavy (non-hydrogen) atoms. The van der Waals surface area contributed by atoms with Crippen LogP contribution in [0.15, 0.2) is 65.8 Å². The monoisotopic (exact) mass is 620 g/mol. The maximum absolute atomic E-state index is 12.3. The van der Waals surface area contributed by atoms with E-state index in [0.29, 0.717) is 37.0 Å². The Morgan fingerprint density at radius 1 is 1.00 bits per heavy atom. The van der Waals surface area contributed by atoms with Crippen LogP contribution in [-0.4, -0.2) is 37.7 Å². The van der Waals surface area contributed by atoms with E-state index >= 15 is 0 Å². The van der Waals surface area contributed by atoms with Crippen LogP contribution in [0.4, 0.5) is 11.4 Å². The van der Waals surface area contributed by atoms with E-state index in [9.17, 15) is 14.4 Å². The van der Waals surface area contributed by atoms with E-state index < -0.39 is 11.8 Å². The lowest BCUT2D eigenvalue weighted by Crippen LogP contribution is -2.32. The summed E-state index contributed by atoms with van der Waals surface area (Å²) < 4.78 is 11.7. The van der Waals surface area contributed by atoms with Gasteiger partial charge in [0.1, 0.15) is 0 Å². The Bertz CT molecular complexity index is 1300. The average Bonchev–Trinajstić information content (AvgIpc) is 2.84. The third-order valence-electron chi connectivity index (χ3n) is 4.60. The van der Waals surface area contributed by atoms with Gasteiger partial charge in [-0.2, -0.15) is 5.10 Å². The number of carbonyl (C=O) groups excluding carboxylic acids is 3. The van der Waals surface area contributed by atoms with Crippen molar-refractivity contribution in [2.45, 2.75) is 6.92 Å². The van der Waals surface area contributed by atoms with Crippen LogP contribution in [0.25, 0.3) is 0 Å². The summed E-state index contributed by atoms with van der Waals surface area (Å²) in [5.74, 6) is -1.40. The second-order valence-corrected chi connectivity index (χ2v) is 9.00. The van der Waals surface area contributed by atoms with Gasteiger partial charge in [0.25, 0.3) is 5.91 Å². The van der Waals surface area contributed by atoms with Crippen LogP contribution in [0.2, 0.25) is 5.02 Å².